The first-order chi connectivity index (χ1) is 10.7. The van der Waals surface area contributed by atoms with E-state index in [0.29, 0.717) is 34.1 Å². The number of aliphatic hydroxyl groups excluding tert-OH is 1. The molecule has 3 aromatic heterocycles. The van der Waals surface area contributed by atoms with Crippen molar-refractivity contribution in [1.82, 2.24) is 24.7 Å². The summed E-state index contributed by atoms with van der Waals surface area (Å²) < 4.78 is 1.55. The smallest absolute Gasteiger partial charge is 0.275 e. The van der Waals surface area contributed by atoms with Crippen molar-refractivity contribution in [2.24, 2.45) is 0 Å². The number of hydrogen-bond donors (Lipinski definition) is 2. The lowest BCUT2D eigenvalue weighted by atomic mass is 10.2. The molecule has 0 saturated carbocycles. The average Bonchev–Trinajstić information content (AvgIpc) is 3.08. The first-order valence-corrected chi connectivity index (χ1v) is 8.10. The van der Waals surface area contributed by atoms with Crippen LogP contribution in [-0.2, 0) is 6.42 Å². The Labute approximate surface area is 129 Å². The van der Waals surface area contributed by atoms with Crippen LogP contribution < -0.4 is 5.56 Å². The molecule has 0 aromatic carbocycles. The van der Waals surface area contributed by atoms with Gasteiger partial charge in [0.05, 0.1) is 11.8 Å². The fourth-order valence-electron chi connectivity index (χ4n) is 2.71. The van der Waals surface area contributed by atoms with Crippen molar-refractivity contribution >= 4 is 22.8 Å². The lowest BCUT2D eigenvalue weighted by Crippen LogP contribution is -2.07. The maximum atomic E-state index is 12.0. The first-order valence-electron chi connectivity index (χ1n) is 6.87. The maximum Gasteiger partial charge on any atom is 0.275 e. The van der Waals surface area contributed by atoms with Crippen LogP contribution in [0.25, 0.3) is 16.9 Å². The third-order valence-electron chi connectivity index (χ3n) is 3.83. The third kappa shape index (κ3) is 1.95. The van der Waals surface area contributed by atoms with Crippen molar-refractivity contribution in [2.45, 2.75) is 24.1 Å². The van der Waals surface area contributed by atoms with E-state index >= 15 is 0 Å². The molecule has 7 nitrogen and oxygen atoms in total. The number of aliphatic hydroxyl groups is 1. The molecule has 0 aliphatic heterocycles. The second-order valence-corrected chi connectivity index (χ2v) is 5.91. The molecule has 2 N–H and O–H groups in total. The monoisotopic (exact) mass is 315 g/mol. The summed E-state index contributed by atoms with van der Waals surface area (Å²) in [7, 11) is 0. The summed E-state index contributed by atoms with van der Waals surface area (Å²) in [4.78, 5) is 25.0. The minimum atomic E-state index is -0.542. The van der Waals surface area contributed by atoms with Crippen LogP contribution in [0.15, 0.2) is 28.3 Å². The van der Waals surface area contributed by atoms with Crippen LogP contribution >= 0.6 is 11.8 Å². The number of fused-ring (bicyclic) bond motifs is 2. The first kappa shape index (κ1) is 13.5. The number of nitrogens with one attached hydrogen (secondary N) is 1. The Morgan fingerprint density at radius 3 is 3.09 bits per heavy atom. The topological polar surface area (TPSA) is 96.7 Å². The second-order valence-electron chi connectivity index (χ2n) is 5.14. The molecule has 0 spiro atoms. The Bertz CT molecular complexity index is 933. The molecule has 1 aliphatic rings. The molecule has 0 fully saturated rings. The predicted molar refractivity (Wildman–Crippen MR) is 82.3 cm³/mol. The number of aromatic amines is 1. The standard InChI is InChI=1S/C14H13N5O2S/c1-22-14-15-6-8-12(17-14)19(18-13(8)21)10-5-3-7-2-4-9(20)11(7)16-10/h3,5-6,9,20H,2,4H2,1H3,(H,18,21). The fourth-order valence-corrected chi connectivity index (χ4v) is 3.05. The van der Waals surface area contributed by atoms with Crippen molar-refractivity contribution < 1.29 is 5.11 Å². The van der Waals surface area contributed by atoms with Gasteiger partial charge in [-0.1, -0.05) is 17.8 Å². The van der Waals surface area contributed by atoms with Crippen LogP contribution in [0.5, 0.6) is 0 Å². The summed E-state index contributed by atoms with van der Waals surface area (Å²) in [6.45, 7) is 0. The molecule has 0 amide bonds. The lowest BCUT2D eigenvalue weighted by Gasteiger charge is -2.07. The normalized spacial score (nSPS) is 17.1. The van der Waals surface area contributed by atoms with E-state index in [1.54, 1.807) is 4.68 Å². The highest BCUT2D eigenvalue weighted by molar-refractivity contribution is 7.98. The van der Waals surface area contributed by atoms with Gasteiger partial charge in [-0.25, -0.2) is 19.6 Å². The number of rotatable bonds is 2. The zero-order valence-corrected chi connectivity index (χ0v) is 12.6. The molecule has 3 aromatic rings. The van der Waals surface area contributed by atoms with Crippen LogP contribution in [-0.4, -0.2) is 36.1 Å². The molecule has 8 heteroatoms. The molecule has 1 unspecified atom stereocenters. The van der Waals surface area contributed by atoms with Gasteiger partial charge in [-0.15, -0.1) is 0 Å². The van der Waals surface area contributed by atoms with Gasteiger partial charge in [0, 0.05) is 6.20 Å². The summed E-state index contributed by atoms with van der Waals surface area (Å²) in [5.74, 6) is 0.539. The number of pyridine rings is 1. The van der Waals surface area contributed by atoms with Gasteiger partial charge in [-0.2, -0.15) is 0 Å². The van der Waals surface area contributed by atoms with E-state index in [4.69, 9.17) is 0 Å². The molecule has 3 heterocycles. The zero-order chi connectivity index (χ0) is 15.3. The van der Waals surface area contributed by atoms with Gasteiger partial charge in [-0.05, 0) is 30.7 Å². The van der Waals surface area contributed by atoms with Crippen LogP contribution in [0.2, 0.25) is 0 Å². The van der Waals surface area contributed by atoms with E-state index in [-0.39, 0.29) is 5.56 Å². The van der Waals surface area contributed by atoms with Gasteiger partial charge >= 0.3 is 0 Å². The molecular weight excluding hydrogens is 302 g/mol. The minimum Gasteiger partial charge on any atom is -0.387 e. The summed E-state index contributed by atoms with van der Waals surface area (Å²) in [6.07, 6.45) is 4.37. The van der Waals surface area contributed by atoms with E-state index in [0.717, 1.165) is 12.0 Å². The number of aryl methyl sites for hydroxylation is 1. The summed E-state index contributed by atoms with van der Waals surface area (Å²) in [6, 6.07) is 3.77. The van der Waals surface area contributed by atoms with Crippen molar-refractivity contribution in [2.75, 3.05) is 6.26 Å². The zero-order valence-electron chi connectivity index (χ0n) is 11.8. The molecule has 112 valence electrons. The van der Waals surface area contributed by atoms with E-state index in [2.05, 4.69) is 20.1 Å². The van der Waals surface area contributed by atoms with Gasteiger partial charge < -0.3 is 5.11 Å². The van der Waals surface area contributed by atoms with Crippen LogP contribution in [0.4, 0.5) is 0 Å². The van der Waals surface area contributed by atoms with E-state index < -0.39 is 6.10 Å². The molecule has 0 radical (unpaired) electrons. The Morgan fingerprint density at radius 2 is 2.27 bits per heavy atom. The highest BCUT2D eigenvalue weighted by Gasteiger charge is 2.23. The van der Waals surface area contributed by atoms with Crippen LogP contribution in [0.1, 0.15) is 23.8 Å². The van der Waals surface area contributed by atoms with Crippen molar-refractivity contribution in [3.8, 4) is 5.82 Å². The predicted octanol–water partition coefficient (Wildman–Crippen LogP) is 1.21. The summed E-state index contributed by atoms with van der Waals surface area (Å²) in [5, 5.41) is 13.7. The van der Waals surface area contributed by atoms with Crippen molar-refractivity contribution in [3.63, 3.8) is 0 Å². The number of H-pyrrole nitrogens is 1. The average molecular weight is 315 g/mol. The highest BCUT2D eigenvalue weighted by Crippen LogP contribution is 2.30. The SMILES string of the molecule is CSc1ncc2c(=O)[nH]n(-c3ccc4c(n3)C(O)CC4)c2n1. The summed E-state index contributed by atoms with van der Waals surface area (Å²) in [5.41, 5.74) is 1.96. The molecule has 4 rings (SSSR count). The fraction of sp³-hybridized carbons (Fsp3) is 0.286. The van der Waals surface area contributed by atoms with E-state index in [1.807, 2.05) is 18.4 Å². The van der Waals surface area contributed by atoms with Gasteiger partial charge in [0.2, 0.25) is 0 Å². The molecular formula is C14H13N5O2S. The maximum absolute atomic E-state index is 12.0. The molecule has 1 aliphatic carbocycles. The van der Waals surface area contributed by atoms with Gasteiger partial charge in [0.15, 0.2) is 16.6 Å². The van der Waals surface area contributed by atoms with Gasteiger partial charge in [0.1, 0.15) is 5.39 Å². The Morgan fingerprint density at radius 1 is 1.41 bits per heavy atom. The molecule has 0 bridgehead atoms. The number of aromatic nitrogens is 5. The van der Waals surface area contributed by atoms with Crippen molar-refractivity contribution in [1.29, 1.82) is 0 Å². The Hall–Kier alpha value is -2.19. The van der Waals surface area contributed by atoms with E-state index in [9.17, 15) is 9.90 Å². The Kier molecular flexibility index (Phi) is 3.02. The molecule has 1 atom stereocenters. The molecule has 22 heavy (non-hydrogen) atoms. The van der Waals surface area contributed by atoms with E-state index in [1.165, 1.54) is 18.0 Å². The largest absolute Gasteiger partial charge is 0.387 e. The number of nitrogens with zero attached hydrogens (tertiary/aromatic N) is 4. The van der Waals surface area contributed by atoms with Crippen LogP contribution in [0, 0.1) is 0 Å². The third-order valence-corrected chi connectivity index (χ3v) is 4.39. The van der Waals surface area contributed by atoms with Crippen LogP contribution in [0.3, 0.4) is 0 Å². The van der Waals surface area contributed by atoms with Gasteiger partial charge in [-0.3, -0.25) is 9.89 Å². The van der Waals surface area contributed by atoms with Crippen molar-refractivity contribution in [3.05, 3.63) is 39.9 Å². The Balaban J connectivity index is 1.94. The highest BCUT2D eigenvalue weighted by atomic mass is 32.2. The number of thioether (sulfide) groups is 1. The minimum absolute atomic E-state index is 0.259. The summed E-state index contributed by atoms with van der Waals surface area (Å²) >= 11 is 1.41. The quantitative estimate of drug-likeness (QED) is 0.545. The number of hydrogen-bond acceptors (Lipinski definition) is 6. The van der Waals surface area contributed by atoms with Gasteiger partial charge in [0.25, 0.3) is 5.56 Å². The second kappa shape index (κ2) is 4.92. The lowest BCUT2D eigenvalue weighted by molar-refractivity contribution is 0.175. The molecule has 0 saturated heterocycles.